The first kappa shape index (κ1) is 19.3. The molecule has 1 N–H and O–H groups in total. The fourth-order valence-electron chi connectivity index (χ4n) is 3.39. The highest BCUT2D eigenvalue weighted by atomic mass is 19.1. The third-order valence-corrected chi connectivity index (χ3v) is 5.10. The molecular weight excluding hydrogens is 369 g/mol. The molecule has 7 heteroatoms. The van der Waals surface area contributed by atoms with Crippen molar-refractivity contribution in [2.24, 2.45) is 0 Å². The molecule has 150 valence electrons. The molecule has 0 saturated carbocycles. The summed E-state index contributed by atoms with van der Waals surface area (Å²) in [6, 6.07) is 13.9. The summed E-state index contributed by atoms with van der Waals surface area (Å²) in [6.45, 7) is 5.35. The van der Waals surface area contributed by atoms with E-state index in [1.54, 1.807) is 23.0 Å². The first-order valence-corrected chi connectivity index (χ1v) is 9.67. The second kappa shape index (κ2) is 8.14. The Morgan fingerprint density at radius 3 is 2.48 bits per heavy atom. The molecule has 1 aliphatic heterocycles. The highest BCUT2D eigenvalue weighted by Gasteiger charge is 2.22. The molecule has 3 aromatic rings. The number of hydrogen-bond donors (Lipinski definition) is 1. The number of carbonyl (C=O) groups excluding carboxylic acids is 1. The molecule has 1 saturated heterocycles. The van der Waals surface area contributed by atoms with Crippen molar-refractivity contribution >= 4 is 5.91 Å². The van der Waals surface area contributed by atoms with Crippen molar-refractivity contribution in [2.45, 2.75) is 6.92 Å². The SMILES string of the molecule is Cc1cccc(-c2nn(-c3ccc(F)cc3)cc2C(=O)NN2CCN(C)CC2)c1. The summed E-state index contributed by atoms with van der Waals surface area (Å²) < 4.78 is 14.9. The number of nitrogens with one attached hydrogen (secondary N) is 1. The van der Waals surface area contributed by atoms with Crippen molar-refractivity contribution in [1.82, 2.24) is 25.1 Å². The number of amides is 1. The average Bonchev–Trinajstić information content (AvgIpc) is 3.16. The summed E-state index contributed by atoms with van der Waals surface area (Å²) in [5.41, 5.74) is 6.75. The van der Waals surface area contributed by atoms with E-state index in [0.717, 1.165) is 37.3 Å². The van der Waals surface area contributed by atoms with Gasteiger partial charge in [-0.05, 0) is 44.3 Å². The molecule has 1 fully saturated rings. The minimum atomic E-state index is -0.312. The number of aromatic nitrogens is 2. The van der Waals surface area contributed by atoms with Crippen molar-refractivity contribution in [3.8, 4) is 16.9 Å². The van der Waals surface area contributed by atoms with Gasteiger partial charge in [-0.3, -0.25) is 10.2 Å². The second-order valence-corrected chi connectivity index (χ2v) is 7.41. The molecule has 29 heavy (non-hydrogen) atoms. The van der Waals surface area contributed by atoms with Crippen LogP contribution in [0.5, 0.6) is 0 Å². The topological polar surface area (TPSA) is 53.4 Å². The average molecular weight is 393 g/mol. The minimum Gasteiger partial charge on any atom is -0.304 e. The Bertz CT molecular complexity index is 1010. The summed E-state index contributed by atoms with van der Waals surface area (Å²) in [5, 5.41) is 6.60. The number of carbonyl (C=O) groups is 1. The fraction of sp³-hybridized carbons (Fsp3) is 0.273. The quantitative estimate of drug-likeness (QED) is 0.741. The molecule has 2 heterocycles. The third kappa shape index (κ3) is 4.36. The minimum absolute atomic E-state index is 0.195. The van der Waals surface area contributed by atoms with Crippen LogP contribution in [0.15, 0.2) is 54.7 Å². The van der Waals surface area contributed by atoms with E-state index in [1.807, 2.05) is 36.2 Å². The lowest BCUT2D eigenvalue weighted by molar-refractivity contribution is 0.0663. The highest BCUT2D eigenvalue weighted by Crippen LogP contribution is 2.25. The maximum Gasteiger partial charge on any atom is 0.269 e. The summed E-state index contributed by atoms with van der Waals surface area (Å²) in [6.07, 6.45) is 1.70. The predicted molar refractivity (Wildman–Crippen MR) is 110 cm³/mol. The molecule has 0 bridgehead atoms. The van der Waals surface area contributed by atoms with Crippen LogP contribution in [-0.2, 0) is 0 Å². The van der Waals surface area contributed by atoms with Gasteiger partial charge in [-0.1, -0.05) is 23.8 Å². The van der Waals surface area contributed by atoms with Gasteiger partial charge < -0.3 is 4.90 Å². The van der Waals surface area contributed by atoms with Crippen LogP contribution in [0.3, 0.4) is 0 Å². The van der Waals surface area contributed by atoms with E-state index in [9.17, 15) is 9.18 Å². The molecular formula is C22H24FN5O. The van der Waals surface area contributed by atoms with Crippen molar-refractivity contribution in [3.63, 3.8) is 0 Å². The van der Waals surface area contributed by atoms with E-state index in [0.29, 0.717) is 16.9 Å². The largest absolute Gasteiger partial charge is 0.304 e. The number of hydrazine groups is 1. The summed E-state index contributed by atoms with van der Waals surface area (Å²) in [5.74, 6) is -0.507. The van der Waals surface area contributed by atoms with E-state index in [1.165, 1.54) is 12.1 Å². The molecule has 0 radical (unpaired) electrons. The zero-order chi connectivity index (χ0) is 20.4. The first-order valence-electron chi connectivity index (χ1n) is 9.67. The van der Waals surface area contributed by atoms with Crippen LogP contribution in [0.25, 0.3) is 16.9 Å². The number of piperazine rings is 1. The van der Waals surface area contributed by atoms with Crippen molar-refractivity contribution in [1.29, 1.82) is 0 Å². The van der Waals surface area contributed by atoms with Crippen molar-refractivity contribution in [3.05, 3.63) is 71.7 Å². The van der Waals surface area contributed by atoms with Gasteiger partial charge in [0.1, 0.15) is 11.5 Å². The lowest BCUT2D eigenvalue weighted by Gasteiger charge is -2.32. The number of likely N-dealkylation sites (N-methyl/N-ethyl adjacent to an activating group) is 1. The van der Waals surface area contributed by atoms with Gasteiger partial charge in [0, 0.05) is 37.9 Å². The number of rotatable bonds is 4. The smallest absolute Gasteiger partial charge is 0.269 e. The van der Waals surface area contributed by atoms with Gasteiger partial charge in [0.25, 0.3) is 5.91 Å². The lowest BCUT2D eigenvalue weighted by Crippen LogP contribution is -2.52. The number of hydrogen-bond acceptors (Lipinski definition) is 4. The predicted octanol–water partition coefficient (Wildman–Crippen LogP) is 2.88. The molecule has 4 rings (SSSR count). The van der Waals surface area contributed by atoms with Crippen LogP contribution >= 0.6 is 0 Å². The normalized spacial score (nSPS) is 15.4. The Morgan fingerprint density at radius 2 is 1.79 bits per heavy atom. The zero-order valence-electron chi connectivity index (χ0n) is 16.6. The second-order valence-electron chi connectivity index (χ2n) is 7.41. The highest BCUT2D eigenvalue weighted by molar-refractivity contribution is 5.99. The van der Waals surface area contributed by atoms with Gasteiger partial charge in [0.2, 0.25) is 0 Å². The number of halogens is 1. The van der Waals surface area contributed by atoms with Gasteiger partial charge in [0.05, 0.1) is 11.3 Å². The summed E-state index contributed by atoms with van der Waals surface area (Å²) in [7, 11) is 2.07. The maximum absolute atomic E-state index is 13.3. The monoisotopic (exact) mass is 393 g/mol. The first-order chi connectivity index (χ1) is 14.0. The van der Waals surface area contributed by atoms with Crippen LogP contribution in [0.2, 0.25) is 0 Å². The van der Waals surface area contributed by atoms with Crippen LogP contribution in [-0.4, -0.2) is 58.8 Å². The molecule has 0 spiro atoms. The van der Waals surface area contributed by atoms with Gasteiger partial charge in [-0.2, -0.15) is 5.10 Å². The molecule has 0 aliphatic carbocycles. The van der Waals surface area contributed by atoms with Gasteiger partial charge in [-0.25, -0.2) is 14.1 Å². The fourth-order valence-corrected chi connectivity index (χ4v) is 3.39. The molecule has 0 atom stereocenters. The Morgan fingerprint density at radius 1 is 1.07 bits per heavy atom. The Labute approximate surface area is 169 Å². The number of benzene rings is 2. The summed E-state index contributed by atoms with van der Waals surface area (Å²) in [4.78, 5) is 15.3. The van der Waals surface area contributed by atoms with E-state index in [2.05, 4.69) is 22.5 Å². The standard InChI is InChI=1S/C22H24FN5O/c1-16-4-3-5-17(14-16)21-20(22(29)25-27-12-10-26(2)11-13-27)15-28(24-21)19-8-6-18(23)7-9-19/h3-9,14-15H,10-13H2,1-2H3,(H,25,29). The van der Waals surface area contributed by atoms with Crippen molar-refractivity contribution < 1.29 is 9.18 Å². The molecule has 2 aromatic carbocycles. The van der Waals surface area contributed by atoms with Crippen LogP contribution in [0, 0.1) is 12.7 Å². The Balaban J connectivity index is 1.68. The molecule has 1 aliphatic rings. The van der Waals surface area contributed by atoms with Crippen LogP contribution in [0.4, 0.5) is 4.39 Å². The van der Waals surface area contributed by atoms with Crippen LogP contribution in [0.1, 0.15) is 15.9 Å². The molecule has 1 amide bonds. The summed E-state index contributed by atoms with van der Waals surface area (Å²) >= 11 is 0. The number of nitrogens with zero attached hydrogens (tertiary/aromatic N) is 4. The van der Waals surface area contributed by atoms with E-state index >= 15 is 0 Å². The van der Waals surface area contributed by atoms with E-state index in [-0.39, 0.29) is 11.7 Å². The maximum atomic E-state index is 13.3. The lowest BCUT2D eigenvalue weighted by atomic mass is 10.1. The molecule has 1 aromatic heterocycles. The Hall–Kier alpha value is -3.03. The van der Waals surface area contributed by atoms with E-state index < -0.39 is 0 Å². The van der Waals surface area contributed by atoms with Gasteiger partial charge >= 0.3 is 0 Å². The number of aryl methyl sites for hydroxylation is 1. The van der Waals surface area contributed by atoms with Gasteiger partial charge in [-0.15, -0.1) is 0 Å². The molecule has 0 unspecified atom stereocenters. The van der Waals surface area contributed by atoms with E-state index in [4.69, 9.17) is 0 Å². The zero-order valence-corrected chi connectivity index (χ0v) is 16.6. The Kier molecular flexibility index (Phi) is 5.42. The third-order valence-electron chi connectivity index (χ3n) is 5.10. The molecule has 6 nitrogen and oxygen atoms in total. The van der Waals surface area contributed by atoms with Crippen molar-refractivity contribution in [2.75, 3.05) is 33.2 Å². The van der Waals surface area contributed by atoms with Gasteiger partial charge in [0.15, 0.2) is 0 Å². The van der Waals surface area contributed by atoms with Crippen LogP contribution < -0.4 is 5.43 Å².